The third kappa shape index (κ3) is 3.86. The number of nitrogens with zero attached hydrogens (tertiary/aromatic N) is 4. The van der Waals surface area contributed by atoms with Crippen molar-refractivity contribution in [3.63, 3.8) is 0 Å². The van der Waals surface area contributed by atoms with Crippen LogP contribution >= 0.6 is 15.9 Å². The fourth-order valence-electron chi connectivity index (χ4n) is 3.31. The summed E-state index contributed by atoms with van der Waals surface area (Å²) in [6.45, 7) is 4.22. The molecule has 4 aromatic rings. The smallest absolute Gasteiger partial charge is 0.266 e. The molecule has 0 aliphatic heterocycles. The van der Waals surface area contributed by atoms with Gasteiger partial charge in [-0.3, -0.25) is 14.7 Å². The molecule has 3 aromatic heterocycles. The third-order valence-electron chi connectivity index (χ3n) is 4.80. The molecule has 1 amide bonds. The zero-order valence-corrected chi connectivity index (χ0v) is 17.5. The van der Waals surface area contributed by atoms with E-state index in [1.54, 1.807) is 21.5 Å². The first-order chi connectivity index (χ1) is 13.9. The van der Waals surface area contributed by atoms with Crippen molar-refractivity contribution in [2.24, 2.45) is 0 Å². The summed E-state index contributed by atoms with van der Waals surface area (Å²) in [5, 5.41) is 9.94. The number of hydrogen-bond donors (Lipinski definition) is 2. The summed E-state index contributed by atoms with van der Waals surface area (Å²) in [6, 6.07) is 11.1. The summed E-state index contributed by atoms with van der Waals surface area (Å²) in [7, 11) is 0. The van der Waals surface area contributed by atoms with Crippen molar-refractivity contribution < 1.29 is 4.79 Å². The molecule has 148 valence electrons. The lowest BCUT2D eigenvalue weighted by atomic mass is 10.1. The Bertz CT molecular complexity index is 1270. The lowest BCUT2D eigenvalue weighted by molar-refractivity contribution is -0.115. The molecule has 4 rings (SSSR count). The summed E-state index contributed by atoms with van der Waals surface area (Å²) in [6.07, 6.45) is 1.79. The molecule has 0 bridgehead atoms. The lowest BCUT2D eigenvalue weighted by Crippen LogP contribution is -2.20. The fourth-order valence-corrected chi connectivity index (χ4v) is 3.72. The molecule has 0 aliphatic carbocycles. The molecular weight excluding hydrogens is 436 g/mol. The van der Waals surface area contributed by atoms with E-state index in [1.165, 1.54) is 6.07 Å². The van der Waals surface area contributed by atoms with E-state index < -0.39 is 0 Å². The standard InChI is InChI=1S/C20H19BrN6O2/c1-12-15(13(2)27-18(23-12)10-20(29)25-27)9-19(28)24-17-7-8-22-26(17)11-14-5-3-4-6-16(14)21/h3-8,10H,9,11H2,1-2H3,(H,24,28)(H,25,29). The van der Waals surface area contributed by atoms with Crippen molar-refractivity contribution in [3.05, 3.63) is 79.9 Å². The van der Waals surface area contributed by atoms with Gasteiger partial charge in [-0.25, -0.2) is 14.2 Å². The zero-order valence-electron chi connectivity index (χ0n) is 15.9. The molecule has 0 aliphatic rings. The summed E-state index contributed by atoms with van der Waals surface area (Å²) in [5.41, 5.74) is 3.66. The van der Waals surface area contributed by atoms with Crippen LogP contribution in [0.2, 0.25) is 0 Å². The van der Waals surface area contributed by atoms with Crippen LogP contribution < -0.4 is 10.9 Å². The van der Waals surface area contributed by atoms with Crippen LogP contribution in [-0.4, -0.2) is 30.3 Å². The Morgan fingerprint density at radius 2 is 2.03 bits per heavy atom. The van der Waals surface area contributed by atoms with Gasteiger partial charge in [0.2, 0.25) is 5.91 Å². The minimum atomic E-state index is -0.224. The summed E-state index contributed by atoms with van der Waals surface area (Å²) < 4.78 is 4.33. The second kappa shape index (κ2) is 7.67. The average molecular weight is 455 g/mol. The topological polar surface area (TPSA) is 97.1 Å². The van der Waals surface area contributed by atoms with Crippen LogP contribution in [0.5, 0.6) is 0 Å². The van der Waals surface area contributed by atoms with E-state index in [-0.39, 0.29) is 17.9 Å². The molecule has 0 spiro atoms. The zero-order chi connectivity index (χ0) is 20.5. The van der Waals surface area contributed by atoms with Gasteiger partial charge < -0.3 is 5.32 Å². The maximum Gasteiger partial charge on any atom is 0.266 e. The molecule has 0 radical (unpaired) electrons. The van der Waals surface area contributed by atoms with Crippen molar-refractivity contribution in [3.8, 4) is 0 Å². The molecular formula is C20H19BrN6O2. The van der Waals surface area contributed by atoms with E-state index in [9.17, 15) is 9.59 Å². The molecule has 0 fully saturated rings. The highest BCUT2D eigenvalue weighted by Gasteiger charge is 2.16. The van der Waals surface area contributed by atoms with Crippen molar-refractivity contribution in [2.75, 3.05) is 5.32 Å². The molecule has 0 atom stereocenters. The molecule has 1 aromatic carbocycles. The summed E-state index contributed by atoms with van der Waals surface area (Å²) in [4.78, 5) is 28.7. The van der Waals surface area contributed by atoms with Gasteiger partial charge in [-0.2, -0.15) is 5.10 Å². The van der Waals surface area contributed by atoms with Gasteiger partial charge in [0.05, 0.1) is 19.2 Å². The number of carbonyl (C=O) groups is 1. The number of rotatable bonds is 5. The number of aromatic amines is 1. The number of H-pyrrole nitrogens is 1. The second-order valence-corrected chi connectivity index (χ2v) is 7.62. The van der Waals surface area contributed by atoms with E-state index in [4.69, 9.17) is 0 Å². The molecule has 2 N–H and O–H groups in total. The van der Waals surface area contributed by atoms with Gasteiger partial charge in [0.15, 0.2) is 5.65 Å². The van der Waals surface area contributed by atoms with E-state index in [1.807, 2.05) is 38.1 Å². The number of amides is 1. The van der Waals surface area contributed by atoms with Crippen LogP contribution in [-0.2, 0) is 17.8 Å². The Balaban J connectivity index is 1.54. The van der Waals surface area contributed by atoms with Gasteiger partial charge in [0.25, 0.3) is 5.56 Å². The van der Waals surface area contributed by atoms with Crippen LogP contribution in [0.15, 0.2) is 51.9 Å². The predicted molar refractivity (Wildman–Crippen MR) is 113 cm³/mol. The number of aromatic nitrogens is 5. The molecule has 3 heterocycles. The predicted octanol–water partition coefficient (Wildman–Crippen LogP) is 2.83. The Morgan fingerprint density at radius 3 is 2.83 bits per heavy atom. The van der Waals surface area contributed by atoms with Crippen molar-refractivity contribution >= 4 is 33.3 Å². The molecule has 9 heteroatoms. The Kier molecular flexibility index (Phi) is 5.06. The SMILES string of the molecule is Cc1nc2cc(=O)[nH]n2c(C)c1CC(=O)Nc1ccnn1Cc1ccccc1Br. The van der Waals surface area contributed by atoms with Gasteiger partial charge in [-0.1, -0.05) is 34.1 Å². The Morgan fingerprint density at radius 1 is 1.24 bits per heavy atom. The molecule has 0 saturated carbocycles. The fraction of sp³-hybridized carbons (Fsp3) is 0.200. The number of anilines is 1. The first-order valence-electron chi connectivity index (χ1n) is 9.05. The van der Waals surface area contributed by atoms with Crippen LogP contribution in [0.3, 0.4) is 0 Å². The Labute approximate surface area is 174 Å². The third-order valence-corrected chi connectivity index (χ3v) is 5.58. The second-order valence-electron chi connectivity index (χ2n) is 6.77. The van der Waals surface area contributed by atoms with Crippen LogP contribution in [0.25, 0.3) is 5.65 Å². The normalized spacial score (nSPS) is 11.1. The first kappa shape index (κ1) is 19.1. The largest absolute Gasteiger partial charge is 0.311 e. The number of benzene rings is 1. The summed E-state index contributed by atoms with van der Waals surface area (Å²) >= 11 is 3.54. The van der Waals surface area contributed by atoms with Crippen LogP contribution in [0.1, 0.15) is 22.5 Å². The molecule has 0 unspecified atom stereocenters. The van der Waals surface area contributed by atoms with Crippen molar-refractivity contribution in [1.82, 2.24) is 24.4 Å². The van der Waals surface area contributed by atoms with E-state index in [0.717, 1.165) is 27.0 Å². The van der Waals surface area contributed by atoms with Gasteiger partial charge in [-0.05, 0) is 25.5 Å². The number of halogens is 1. The minimum Gasteiger partial charge on any atom is -0.311 e. The molecule has 0 saturated heterocycles. The highest BCUT2D eigenvalue weighted by atomic mass is 79.9. The average Bonchev–Trinajstić information content (AvgIpc) is 3.26. The number of hydrogen-bond acceptors (Lipinski definition) is 4. The van der Waals surface area contributed by atoms with E-state index >= 15 is 0 Å². The van der Waals surface area contributed by atoms with Crippen LogP contribution in [0.4, 0.5) is 5.82 Å². The lowest BCUT2D eigenvalue weighted by Gasteiger charge is -2.13. The summed E-state index contributed by atoms with van der Waals surface area (Å²) in [5.74, 6) is 0.435. The van der Waals surface area contributed by atoms with Gasteiger partial charge >= 0.3 is 0 Å². The minimum absolute atomic E-state index is 0.140. The number of fused-ring (bicyclic) bond motifs is 1. The first-order valence-corrected chi connectivity index (χ1v) is 9.84. The quantitative estimate of drug-likeness (QED) is 0.484. The number of carbonyl (C=O) groups excluding carboxylic acids is 1. The molecule has 29 heavy (non-hydrogen) atoms. The molecule has 8 nitrogen and oxygen atoms in total. The number of nitrogens with one attached hydrogen (secondary N) is 2. The Hall–Kier alpha value is -3.20. The maximum absolute atomic E-state index is 12.7. The van der Waals surface area contributed by atoms with E-state index in [0.29, 0.717) is 18.0 Å². The van der Waals surface area contributed by atoms with Crippen LogP contribution in [0, 0.1) is 13.8 Å². The van der Waals surface area contributed by atoms with Gasteiger partial charge in [0, 0.05) is 33.6 Å². The van der Waals surface area contributed by atoms with E-state index in [2.05, 4.69) is 36.4 Å². The van der Waals surface area contributed by atoms with Crippen molar-refractivity contribution in [1.29, 1.82) is 0 Å². The van der Waals surface area contributed by atoms with Gasteiger partial charge in [-0.15, -0.1) is 0 Å². The highest BCUT2D eigenvalue weighted by molar-refractivity contribution is 9.10. The number of aryl methyl sites for hydroxylation is 2. The maximum atomic E-state index is 12.7. The van der Waals surface area contributed by atoms with Crippen molar-refractivity contribution in [2.45, 2.75) is 26.8 Å². The van der Waals surface area contributed by atoms with Gasteiger partial charge in [0.1, 0.15) is 5.82 Å². The highest BCUT2D eigenvalue weighted by Crippen LogP contribution is 2.19. The monoisotopic (exact) mass is 454 g/mol.